The van der Waals surface area contributed by atoms with Crippen molar-refractivity contribution in [1.29, 1.82) is 0 Å². The number of carbonyl (C=O) groups excluding carboxylic acids is 1. The average molecular weight is 578 g/mol. The van der Waals surface area contributed by atoms with E-state index in [1.165, 1.54) is 31.2 Å². The van der Waals surface area contributed by atoms with E-state index in [-0.39, 0.29) is 36.3 Å². The molecular weight excluding hydrogens is 525 g/mol. The second-order valence-corrected chi connectivity index (χ2v) is 15.8. The smallest absolute Gasteiger partial charge is 0.404 e. The molecular formula is C35H52BNO5. The lowest BCUT2D eigenvalue weighted by Crippen LogP contribution is -2.60. The van der Waals surface area contributed by atoms with Crippen LogP contribution >= 0.6 is 0 Å². The van der Waals surface area contributed by atoms with E-state index in [9.17, 15) is 4.79 Å². The highest BCUT2D eigenvalue weighted by atomic mass is 16.7. The van der Waals surface area contributed by atoms with Crippen molar-refractivity contribution in [3.8, 4) is 0 Å². The zero-order valence-electron chi connectivity index (χ0n) is 26.6. The van der Waals surface area contributed by atoms with Crippen LogP contribution in [-0.2, 0) is 30.0 Å². The van der Waals surface area contributed by atoms with E-state index in [1.54, 1.807) is 0 Å². The Morgan fingerprint density at radius 2 is 1.74 bits per heavy atom. The number of hydrogen-bond donors (Lipinski definition) is 1. The van der Waals surface area contributed by atoms with E-state index in [4.69, 9.17) is 18.8 Å². The molecule has 42 heavy (non-hydrogen) atoms. The first kappa shape index (κ1) is 29.3. The standard InChI is InChI=1S/C35H52BNO5/c1-20-12-14-26-22(3)28(40-35(6)32(26)25(20)15-13-21(2)39-35)19-31(38)37-30(16-23-10-8-7-9-11-23)36-41-29-18-24-17-27(33(29)42-36)34(24,4)5/h7-11,20-22,24-30,32-33H,12-19H2,1-6H3,(H,37,38)/t20-,21?,22?,24?,25?,26?,27?,28?,29?,30?,32?,33?,35?/m1/s1. The summed E-state index contributed by atoms with van der Waals surface area (Å²) in [7, 11) is -0.433. The zero-order chi connectivity index (χ0) is 29.4. The van der Waals surface area contributed by atoms with E-state index >= 15 is 0 Å². The molecule has 3 saturated heterocycles. The Bertz CT molecular complexity index is 1150. The third-order valence-electron chi connectivity index (χ3n) is 13.0. The van der Waals surface area contributed by atoms with Crippen LogP contribution in [0, 0.1) is 46.8 Å². The van der Waals surface area contributed by atoms with Gasteiger partial charge in [0, 0.05) is 5.92 Å². The molecule has 0 radical (unpaired) electrons. The number of ether oxygens (including phenoxy) is 2. The summed E-state index contributed by atoms with van der Waals surface area (Å²) in [5, 5.41) is 3.39. The van der Waals surface area contributed by atoms with E-state index in [0.29, 0.717) is 59.7 Å². The predicted octanol–water partition coefficient (Wildman–Crippen LogP) is 6.21. The molecule has 8 rings (SSSR count). The second kappa shape index (κ2) is 10.9. The molecule has 0 spiro atoms. The summed E-state index contributed by atoms with van der Waals surface area (Å²) in [5.41, 5.74) is 1.49. The van der Waals surface area contributed by atoms with E-state index in [0.717, 1.165) is 12.8 Å². The van der Waals surface area contributed by atoms with Crippen LogP contribution < -0.4 is 5.32 Å². The van der Waals surface area contributed by atoms with Crippen LogP contribution in [-0.4, -0.2) is 49.2 Å². The molecule has 3 heterocycles. The zero-order valence-corrected chi connectivity index (χ0v) is 26.6. The number of benzene rings is 1. The van der Waals surface area contributed by atoms with Gasteiger partial charge in [0.1, 0.15) is 0 Å². The van der Waals surface area contributed by atoms with Gasteiger partial charge >= 0.3 is 7.12 Å². The van der Waals surface area contributed by atoms with Crippen molar-refractivity contribution in [2.45, 2.75) is 129 Å². The molecule has 12 unspecified atom stereocenters. The van der Waals surface area contributed by atoms with Gasteiger partial charge in [-0.05, 0) is 98.9 Å². The van der Waals surface area contributed by atoms with Gasteiger partial charge < -0.3 is 24.1 Å². The predicted molar refractivity (Wildman–Crippen MR) is 163 cm³/mol. The second-order valence-electron chi connectivity index (χ2n) is 15.8. The third-order valence-corrected chi connectivity index (χ3v) is 13.0. The molecule has 4 aliphatic carbocycles. The maximum atomic E-state index is 13.9. The van der Waals surface area contributed by atoms with Crippen molar-refractivity contribution in [2.24, 2.45) is 46.8 Å². The molecule has 1 aromatic carbocycles. The summed E-state index contributed by atoms with van der Waals surface area (Å²) in [6.07, 6.45) is 8.31. The SMILES string of the molecule is CC1CCC2C3C(CC[C@H]2C)C(C)C(CC(=O)NC(Cc2ccccc2)B2OC4CC5CC(C4O2)C5(C)C)OC3(C)O1. The van der Waals surface area contributed by atoms with E-state index in [1.807, 2.05) is 6.07 Å². The van der Waals surface area contributed by atoms with Crippen molar-refractivity contribution in [3.05, 3.63) is 35.9 Å². The van der Waals surface area contributed by atoms with Gasteiger partial charge in [-0.1, -0.05) is 64.4 Å². The Balaban J connectivity index is 1.07. The molecule has 13 atom stereocenters. The molecule has 6 nitrogen and oxygen atoms in total. The quantitative estimate of drug-likeness (QED) is 0.408. The first-order valence-corrected chi connectivity index (χ1v) is 17.0. The highest BCUT2D eigenvalue weighted by molar-refractivity contribution is 6.47. The lowest BCUT2D eigenvalue weighted by Gasteiger charge is -2.60. The third kappa shape index (κ3) is 4.99. The van der Waals surface area contributed by atoms with E-state index < -0.39 is 12.9 Å². The topological polar surface area (TPSA) is 66.0 Å². The van der Waals surface area contributed by atoms with Crippen LogP contribution in [0.2, 0.25) is 0 Å². The number of amides is 1. The molecule has 3 aliphatic heterocycles. The summed E-state index contributed by atoms with van der Waals surface area (Å²) >= 11 is 0. The molecule has 7 fully saturated rings. The minimum Gasteiger partial charge on any atom is -0.404 e. The van der Waals surface area contributed by atoms with Gasteiger partial charge in [-0.25, -0.2) is 0 Å². The maximum absolute atomic E-state index is 13.9. The van der Waals surface area contributed by atoms with Gasteiger partial charge in [0.2, 0.25) is 5.91 Å². The highest BCUT2D eigenvalue weighted by Gasteiger charge is 2.63. The number of rotatable bonds is 6. The molecule has 1 amide bonds. The Morgan fingerprint density at radius 1 is 0.976 bits per heavy atom. The van der Waals surface area contributed by atoms with Crippen molar-refractivity contribution < 1.29 is 23.6 Å². The summed E-state index contributed by atoms with van der Waals surface area (Å²) in [6, 6.07) is 10.4. The normalized spacial score (nSPS) is 46.0. The van der Waals surface area contributed by atoms with Gasteiger partial charge in [-0.3, -0.25) is 4.79 Å². The lowest BCUT2D eigenvalue weighted by atomic mass is 9.47. The minimum absolute atomic E-state index is 0.0175. The number of carbonyl (C=O) groups is 1. The number of hydrogen-bond acceptors (Lipinski definition) is 5. The molecule has 1 aromatic rings. The molecule has 230 valence electrons. The van der Waals surface area contributed by atoms with Crippen LogP contribution in [0.4, 0.5) is 0 Å². The Kier molecular flexibility index (Phi) is 7.60. The summed E-state index contributed by atoms with van der Waals surface area (Å²) in [4.78, 5) is 13.9. The van der Waals surface area contributed by atoms with Crippen LogP contribution in [0.25, 0.3) is 0 Å². The van der Waals surface area contributed by atoms with Crippen molar-refractivity contribution in [3.63, 3.8) is 0 Å². The number of nitrogens with one attached hydrogen (secondary N) is 1. The highest BCUT2D eigenvalue weighted by Crippen LogP contribution is 2.62. The monoisotopic (exact) mass is 577 g/mol. The first-order valence-electron chi connectivity index (χ1n) is 17.0. The molecule has 2 bridgehead atoms. The molecule has 7 aliphatic rings. The molecule has 4 saturated carbocycles. The van der Waals surface area contributed by atoms with E-state index in [2.05, 4.69) is 71.1 Å². The summed E-state index contributed by atoms with van der Waals surface area (Å²) in [5.74, 6) is 2.92. The van der Waals surface area contributed by atoms with Gasteiger partial charge in [-0.15, -0.1) is 0 Å². The average Bonchev–Trinajstić information content (AvgIpc) is 3.34. The van der Waals surface area contributed by atoms with Crippen LogP contribution in [0.15, 0.2) is 30.3 Å². The molecule has 7 heteroatoms. The fourth-order valence-corrected chi connectivity index (χ4v) is 10.4. The van der Waals surface area contributed by atoms with Crippen LogP contribution in [0.3, 0.4) is 0 Å². The molecule has 0 aromatic heterocycles. The Morgan fingerprint density at radius 3 is 2.50 bits per heavy atom. The van der Waals surface area contributed by atoms with Crippen molar-refractivity contribution in [2.75, 3.05) is 0 Å². The first-order chi connectivity index (χ1) is 20.0. The van der Waals surface area contributed by atoms with Crippen LogP contribution in [0.1, 0.15) is 92.1 Å². The van der Waals surface area contributed by atoms with Gasteiger partial charge in [0.05, 0.1) is 36.8 Å². The lowest BCUT2D eigenvalue weighted by molar-refractivity contribution is -0.342. The van der Waals surface area contributed by atoms with Crippen molar-refractivity contribution >= 4 is 13.0 Å². The molecule has 1 N–H and O–H groups in total. The largest absolute Gasteiger partial charge is 0.481 e. The van der Waals surface area contributed by atoms with Crippen LogP contribution in [0.5, 0.6) is 0 Å². The van der Waals surface area contributed by atoms with Gasteiger partial charge in [-0.2, -0.15) is 0 Å². The Labute approximate surface area is 253 Å². The Hall–Kier alpha value is -1.41. The van der Waals surface area contributed by atoms with Crippen molar-refractivity contribution in [1.82, 2.24) is 5.32 Å². The van der Waals surface area contributed by atoms with Gasteiger partial charge in [0.15, 0.2) is 5.79 Å². The maximum Gasteiger partial charge on any atom is 0.481 e. The van der Waals surface area contributed by atoms with Gasteiger partial charge in [0.25, 0.3) is 0 Å². The fourth-order valence-electron chi connectivity index (χ4n) is 10.4. The minimum atomic E-state index is -0.637. The summed E-state index contributed by atoms with van der Waals surface area (Å²) in [6.45, 7) is 13.8. The fraction of sp³-hybridized carbons (Fsp3) is 0.800. The summed E-state index contributed by atoms with van der Waals surface area (Å²) < 4.78 is 26.9.